The second-order valence-electron chi connectivity index (χ2n) is 2.10. The van der Waals surface area contributed by atoms with Gasteiger partial charge in [-0.3, -0.25) is 0 Å². The van der Waals surface area contributed by atoms with E-state index < -0.39 is 11.7 Å². The van der Waals surface area contributed by atoms with Crippen LogP contribution in [0.15, 0.2) is 18.5 Å². The minimum Gasteiger partial charge on any atom is -0.619 e. The fourth-order valence-corrected chi connectivity index (χ4v) is 1.28. The van der Waals surface area contributed by atoms with Crippen LogP contribution in [-0.4, -0.2) is 0 Å². The first-order valence-electron chi connectivity index (χ1n) is 2.86. The summed E-state index contributed by atoms with van der Waals surface area (Å²) in [5.74, 6) is 0. The molecular formula is C6H3F3INO. The Hall–Kier alpha value is -0.530. The van der Waals surface area contributed by atoms with E-state index in [0.717, 1.165) is 12.3 Å². The Morgan fingerprint density at radius 2 is 1.92 bits per heavy atom. The molecule has 6 heteroatoms. The molecule has 12 heavy (non-hydrogen) atoms. The summed E-state index contributed by atoms with van der Waals surface area (Å²) in [6.45, 7) is 0. The van der Waals surface area contributed by atoms with E-state index in [4.69, 9.17) is 0 Å². The molecule has 0 atom stereocenters. The van der Waals surface area contributed by atoms with Gasteiger partial charge in [-0.1, -0.05) is 0 Å². The molecule has 0 aliphatic heterocycles. The average molecular weight is 289 g/mol. The maximum absolute atomic E-state index is 12.0. The van der Waals surface area contributed by atoms with E-state index in [-0.39, 0.29) is 8.30 Å². The lowest BCUT2D eigenvalue weighted by molar-refractivity contribution is -0.607. The zero-order valence-electron chi connectivity index (χ0n) is 5.60. The molecule has 1 aromatic rings. The van der Waals surface area contributed by atoms with Crippen LogP contribution in [0.1, 0.15) is 5.56 Å². The van der Waals surface area contributed by atoms with Crippen LogP contribution in [0.4, 0.5) is 13.2 Å². The van der Waals surface area contributed by atoms with E-state index in [1.54, 1.807) is 22.6 Å². The summed E-state index contributed by atoms with van der Waals surface area (Å²) in [7, 11) is 0. The van der Waals surface area contributed by atoms with Crippen molar-refractivity contribution in [3.05, 3.63) is 32.8 Å². The third kappa shape index (κ3) is 2.23. The van der Waals surface area contributed by atoms with E-state index in [2.05, 4.69) is 0 Å². The van der Waals surface area contributed by atoms with Crippen molar-refractivity contribution in [1.82, 2.24) is 0 Å². The number of hydrogen-bond donors (Lipinski definition) is 0. The van der Waals surface area contributed by atoms with Gasteiger partial charge in [0, 0.05) is 0 Å². The van der Waals surface area contributed by atoms with Gasteiger partial charge in [-0.2, -0.15) is 17.9 Å². The van der Waals surface area contributed by atoms with Crippen LogP contribution in [0.25, 0.3) is 0 Å². The van der Waals surface area contributed by atoms with Gasteiger partial charge < -0.3 is 5.21 Å². The molecule has 0 spiro atoms. The fraction of sp³-hybridized carbons (Fsp3) is 0.167. The first kappa shape index (κ1) is 9.56. The van der Waals surface area contributed by atoms with Gasteiger partial charge in [0.05, 0.1) is 3.57 Å². The lowest BCUT2D eigenvalue weighted by Gasteiger charge is -2.05. The molecule has 1 aromatic heterocycles. The molecule has 0 aliphatic carbocycles. The predicted octanol–water partition coefficient (Wildman–Crippen LogP) is 1.94. The van der Waals surface area contributed by atoms with Crippen molar-refractivity contribution in [2.45, 2.75) is 6.18 Å². The summed E-state index contributed by atoms with van der Waals surface area (Å²) in [4.78, 5) is 0. The molecule has 0 aliphatic rings. The molecule has 0 saturated carbocycles. The molecule has 1 heterocycles. The highest BCUT2D eigenvalue weighted by Crippen LogP contribution is 2.28. The summed E-state index contributed by atoms with van der Waals surface area (Å²) in [5.41, 5.74) is -0.926. The van der Waals surface area contributed by atoms with Gasteiger partial charge in [-0.25, -0.2) is 0 Å². The van der Waals surface area contributed by atoms with Crippen LogP contribution < -0.4 is 4.73 Å². The molecular weight excluding hydrogens is 286 g/mol. The molecule has 1 rings (SSSR count). The average Bonchev–Trinajstić information content (AvgIpc) is 1.82. The molecule has 0 amide bonds. The normalized spacial score (nSPS) is 11.7. The Kier molecular flexibility index (Phi) is 2.45. The lowest BCUT2D eigenvalue weighted by atomic mass is 10.3. The molecule has 0 unspecified atom stereocenters. The van der Waals surface area contributed by atoms with Crippen molar-refractivity contribution >= 4 is 22.6 Å². The minimum atomic E-state index is -4.45. The lowest BCUT2D eigenvalue weighted by Crippen LogP contribution is -2.27. The van der Waals surface area contributed by atoms with Gasteiger partial charge in [0.25, 0.3) is 0 Å². The van der Waals surface area contributed by atoms with Crippen molar-refractivity contribution < 1.29 is 17.9 Å². The number of hydrogen-bond acceptors (Lipinski definition) is 1. The van der Waals surface area contributed by atoms with Gasteiger partial charge in [0.15, 0.2) is 12.4 Å². The zero-order valence-corrected chi connectivity index (χ0v) is 7.76. The second kappa shape index (κ2) is 3.08. The third-order valence-corrected chi connectivity index (χ3v) is 1.73. The smallest absolute Gasteiger partial charge is 0.422 e. The first-order chi connectivity index (χ1) is 5.39. The minimum absolute atomic E-state index is 0.143. The van der Waals surface area contributed by atoms with Crippen molar-refractivity contribution in [1.29, 1.82) is 0 Å². The number of nitrogens with zero attached hydrogens (tertiary/aromatic N) is 1. The Morgan fingerprint density at radius 3 is 2.33 bits per heavy atom. The standard InChI is InChI=1S/C6H3F3INO/c7-6(8,9)4-1-5(10)3-11(12)2-4/h1-3H. The Bertz CT molecular complexity index is 279. The number of alkyl halides is 3. The Morgan fingerprint density at radius 1 is 1.33 bits per heavy atom. The van der Waals surface area contributed by atoms with E-state index in [1.165, 1.54) is 0 Å². The van der Waals surface area contributed by atoms with Crippen LogP contribution >= 0.6 is 22.6 Å². The first-order valence-corrected chi connectivity index (χ1v) is 3.94. The van der Waals surface area contributed by atoms with Gasteiger partial charge in [-0.15, -0.1) is 0 Å². The van der Waals surface area contributed by atoms with E-state index in [0.29, 0.717) is 6.20 Å². The maximum Gasteiger partial charge on any atom is 0.422 e. The summed E-state index contributed by atoms with van der Waals surface area (Å²) >= 11 is 1.65. The number of aromatic nitrogens is 1. The molecule has 2 nitrogen and oxygen atoms in total. The zero-order chi connectivity index (χ0) is 9.35. The number of rotatable bonds is 0. The van der Waals surface area contributed by atoms with Crippen molar-refractivity contribution in [3.63, 3.8) is 0 Å². The van der Waals surface area contributed by atoms with Crippen molar-refractivity contribution in [2.75, 3.05) is 0 Å². The number of halogens is 4. The topological polar surface area (TPSA) is 26.9 Å². The predicted molar refractivity (Wildman–Crippen MR) is 43.1 cm³/mol. The van der Waals surface area contributed by atoms with Crippen LogP contribution in [-0.2, 0) is 6.18 Å². The molecule has 0 aromatic carbocycles. The number of pyridine rings is 1. The van der Waals surface area contributed by atoms with Crippen LogP contribution in [0, 0.1) is 8.78 Å². The van der Waals surface area contributed by atoms with Crippen molar-refractivity contribution in [3.8, 4) is 0 Å². The van der Waals surface area contributed by atoms with Gasteiger partial charge in [0.2, 0.25) is 0 Å². The highest BCUT2D eigenvalue weighted by Gasteiger charge is 2.33. The summed E-state index contributed by atoms with van der Waals surface area (Å²) in [6, 6.07) is 0.912. The van der Waals surface area contributed by atoms with Crippen LogP contribution in [0.2, 0.25) is 0 Å². The van der Waals surface area contributed by atoms with E-state index in [9.17, 15) is 18.4 Å². The fourth-order valence-electron chi connectivity index (χ4n) is 0.674. The third-order valence-electron chi connectivity index (χ3n) is 1.14. The monoisotopic (exact) mass is 289 g/mol. The van der Waals surface area contributed by atoms with Crippen LogP contribution in [0.5, 0.6) is 0 Å². The second-order valence-corrected chi connectivity index (χ2v) is 3.35. The van der Waals surface area contributed by atoms with Crippen LogP contribution in [0.3, 0.4) is 0 Å². The molecule has 0 radical (unpaired) electrons. The Balaban J connectivity index is 3.18. The summed E-state index contributed by atoms with van der Waals surface area (Å²) in [6.07, 6.45) is -2.88. The molecule has 0 N–H and O–H groups in total. The van der Waals surface area contributed by atoms with E-state index >= 15 is 0 Å². The molecule has 66 valence electrons. The quantitative estimate of drug-likeness (QED) is 0.407. The molecule has 0 fully saturated rings. The summed E-state index contributed by atoms with van der Waals surface area (Å²) < 4.78 is 36.4. The SMILES string of the molecule is [O-][n+]1cc(I)cc(C(F)(F)F)c1. The van der Waals surface area contributed by atoms with Crippen molar-refractivity contribution in [2.24, 2.45) is 0 Å². The van der Waals surface area contributed by atoms with Gasteiger partial charge in [0.1, 0.15) is 5.56 Å². The maximum atomic E-state index is 12.0. The molecule has 0 bridgehead atoms. The Labute approximate surface area is 79.7 Å². The van der Waals surface area contributed by atoms with Gasteiger partial charge in [-0.05, 0) is 28.7 Å². The molecule has 0 saturated heterocycles. The largest absolute Gasteiger partial charge is 0.619 e. The highest BCUT2D eigenvalue weighted by atomic mass is 127. The highest BCUT2D eigenvalue weighted by molar-refractivity contribution is 14.1. The van der Waals surface area contributed by atoms with Gasteiger partial charge >= 0.3 is 6.18 Å². The van der Waals surface area contributed by atoms with E-state index in [1.807, 2.05) is 0 Å². The summed E-state index contributed by atoms with van der Waals surface area (Å²) in [5, 5.41) is 10.6.